The summed E-state index contributed by atoms with van der Waals surface area (Å²) in [6.07, 6.45) is -0.673. The zero-order chi connectivity index (χ0) is 31.1. The summed E-state index contributed by atoms with van der Waals surface area (Å²) >= 11 is 0.857. The number of sulfonamides is 1. The van der Waals surface area contributed by atoms with Gasteiger partial charge in [-0.1, -0.05) is 65.9 Å². The van der Waals surface area contributed by atoms with E-state index >= 15 is 0 Å². The topological polar surface area (TPSA) is 155 Å². The predicted molar refractivity (Wildman–Crippen MR) is 161 cm³/mol. The smallest absolute Gasteiger partial charge is 0.408 e. The van der Waals surface area contributed by atoms with Crippen LogP contribution in [0.15, 0.2) is 58.8 Å². The number of nitrogens with one attached hydrogen (secondary N) is 2. The van der Waals surface area contributed by atoms with Crippen LogP contribution in [-0.4, -0.2) is 61.7 Å². The third kappa shape index (κ3) is 9.10. The second-order valence-corrected chi connectivity index (χ2v) is 13.6. The molecule has 0 spiro atoms. The monoisotopic (exact) mass is 616 g/mol. The van der Waals surface area contributed by atoms with Crippen molar-refractivity contribution >= 4 is 44.5 Å². The number of thiazole rings is 1. The number of ether oxygens (including phenoxy) is 1. The van der Waals surface area contributed by atoms with E-state index in [4.69, 9.17) is 4.74 Å². The fourth-order valence-electron chi connectivity index (χ4n) is 4.03. The molecule has 13 heteroatoms. The number of carboxylic acid groups (broad SMARTS) is 1. The Labute approximate surface area is 250 Å². The van der Waals surface area contributed by atoms with Crippen LogP contribution in [0.1, 0.15) is 44.9 Å². The van der Waals surface area contributed by atoms with E-state index in [9.17, 15) is 27.9 Å². The molecule has 42 heavy (non-hydrogen) atoms. The number of hydrogen-bond acceptors (Lipinski definition) is 8. The first-order valence-corrected chi connectivity index (χ1v) is 15.6. The molecule has 3 aromatic rings. The second-order valence-electron chi connectivity index (χ2n) is 10.5. The Morgan fingerprint density at radius 2 is 1.67 bits per heavy atom. The summed E-state index contributed by atoms with van der Waals surface area (Å²) < 4.78 is 32.4. The largest absolute Gasteiger partial charge is 0.480 e. The molecule has 0 radical (unpaired) electrons. The van der Waals surface area contributed by atoms with Crippen molar-refractivity contribution in [1.82, 2.24) is 15.0 Å². The second kappa shape index (κ2) is 13.9. The molecule has 0 fully saturated rings. The quantitative estimate of drug-likeness (QED) is 0.271. The average Bonchev–Trinajstić information content (AvgIpc) is 3.32. The SMILES string of the molecule is CNS(=O)(=O)c1sc(N(CCCC(NC(=O)OC(C)(C)C)C(=O)O)C(=O)Cc2ccc(-c3ccccc3)cc2)nc1C. The maximum Gasteiger partial charge on any atom is 0.408 e. The Bertz CT molecular complexity index is 1500. The highest BCUT2D eigenvalue weighted by molar-refractivity contribution is 7.91. The van der Waals surface area contributed by atoms with Gasteiger partial charge in [0.15, 0.2) is 9.34 Å². The maximum absolute atomic E-state index is 13.6. The van der Waals surface area contributed by atoms with Gasteiger partial charge >= 0.3 is 12.1 Å². The van der Waals surface area contributed by atoms with E-state index in [1.165, 1.54) is 11.9 Å². The van der Waals surface area contributed by atoms with Crippen molar-refractivity contribution in [2.24, 2.45) is 0 Å². The maximum atomic E-state index is 13.6. The standard InChI is InChI=1S/C29H36N4O7S2/c1-19-26(42(38,39)30-5)41-27(31-19)33(17-9-12-23(25(35)36)32-28(37)40-29(2,3)4)24(34)18-20-13-15-22(16-14-20)21-10-7-6-8-11-21/h6-8,10-11,13-16,23,30H,9,12,17-18H2,1-5H3,(H,32,37)(H,35,36). The summed E-state index contributed by atoms with van der Waals surface area (Å²) in [7, 11) is -2.51. The number of rotatable bonds is 12. The number of nitrogens with zero attached hydrogens (tertiary/aromatic N) is 2. The number of amides is 2. The van der Waals surface area contributed by atoms with E-state index in [2.05, 4.69) is 15.0 Å². The minimum absolute atomic E-state index is 0.00381. The molecule has 1 aromatic heterocycles. The van der Waals surface area contributed by atoms with Gasteiger partial charge in [0.1, 0.15) is 11.6 Å². The summed E-state index contributed by atoms with van der Waals surface area (Å²) in [5.41, 5.74) is 2.23. The van der Waals surface area contributed by atoms with Crippen LogP contribution in [-0.2, 0) is 30.8 Å². The van der Waals surface area contributed by atoms with Gasteiger partial charge in [-0.25, -0.2) is 27.7 Å². The van der Waals surface area contributed by atoms with E-state index in [1.807, 2.05) is 54.6 Å². The molecule has 1 heterocycles. The number of anilines is 1. The van der Waals surface area contributed by atoms with Crippen LogP contribution in [0.25, 0.3) is 11.1 Å². The van der Waals surface area contributed by atoms with Crippen molar-refractivity contribution in [3.05, 3.63) is 65.9 Å². The molecule has 0 aliphatic rings. The number of carbonyl (C=O) groups is 3. The van der Waals surface area contributed by atoms with Crippen LogP contribution < -0.4 is 14.9 Å². The van der Waals surface area contributed by atoms with Crippen LogP contribution in [0.4, 0.5) is 9.93 Å². The first-order chi connectivity index (χ1) is 19.7. The number of alkyl carbamates (subject to hydrolysis) is 1. The van der Waals surface area contributed by atoms with Gasteiger partial charge in [-0.05, 0) is 64.3 Å². The molecule has 226 valence electrons. The Balaban J connectivity index is 1.80. The third-order valence-corrected chi connectivity index (χ3v) is 9.27. The lowest BCUT2D eigenvalue weighted by Gasteiger charge is -2.23. The van der Waals surface area contributed by atoms with Crippen LogP contribution >= 0.6 is 11.3 Å². The van der Waals surface area contributed by atoms with Crippen molar-refractivity contribution < 1.29 is 32.6 Å². The van der Waals surface area contributed by atoms with Crippen molar-refractivity contribution in [2.45, 2.75) is 62.8 Å². The predicted octanol–water partition coefficient (Wildman–Crippen LogP) is 4.36. The van der Waals surface area contributed by atoms with Gasteiger partial charge in [-0.2, -0.15) is 0 Å². The van der Waals surface area contributed by atoms with Gasteiger partial charge in [-0.3, -0.25) is 9.69 Å². The minimum Gasteiger partial charge on any atom is -0.480 e. The lowest BCUT2D eigenvalue weighted by molar-refractivity contribution is -0.139. The highest BCUT2D eigenvalue weighted by Gasteiger charge is 2.28. The van der Waals surface area contributed by atoms with E-state index < -0.39 is 33.7 Å². The normalized spacial score (nSPS) is 12.4. The van der Waals surface area contributed by atoms with Gasteiger partial charge in [0.05, 0.1) is 12.1 Å². The van der Waals surface area contributed by atoms with E-state index in [-0.39, 0.29) is 46.7 Å². The molecule has 0 aliphatic carbocycles. The summed E-state index contributed by atoms with van der Waals surface area (Å²) in [6.45, 7) is 6.59. The number of aliphatic carboxylic acids is 1. The molecule has 0 bridgehead atoms. The molecule has 3 N–H and O–H groups in total. The summed E-state index contributed by atoms with van der Waals surface area (Å²) in [5, 5.41) is 12.2. The average molecular weight is 617 g/mol. The number of carbonyl (C=O) groups excluding carboxylic acids is 2. The molecule has 11 nitrogen and oxygen atoms in total. The molecule has 3 rings (SSSR count). The van der Waals surface area contributed by atoms with Gasteiger partial charge < -0.3 is 15.2 Å². The molecule has 0 saturated carbocycles. The summed E-state index contributed by atoms with van der Waals surface area (Å²) in [4.78, 5) is 43.3. The lowest BCUT2D eigenvalue weighted by Crippen LogP contribution is -2.44. The molecule has 0 saturated heterocycles. The number of aryl methyl sites for hydroxylation is 1. The zero-order valence-electron chi connectivity index (χ0n) is 24.2. The summed E-state index contributed by atoms with van der Waals surface area (Å²) in [5.74, 6) is -1.58. The van der Waals surface area contributed by atoms with E-state index in [0.717, 1.165) is 28.0 Å². The van der Waals surface area contributed by atoms with Crippen molar-refractivity contribution in [2.75, 3.05) is 18.5 Å². The highest BCUT2D eigenvalue weighted by atomic mass is 32.2. The van der Waals surface area contributed by atoms with Crippen LogP contribution in [0.2, 0.25) is 0 Å². The van der Waals surface area contributed by atoms with Gasteiger partial charge in [0.2, 0.25) is 5.91 Å². The van der Waals surface area contributed by atoms with Gasteiger partial charge in [-0.15, -0.1) is 0 Å². The van der Waals surface area contributed by atoms with Crippen LogP contribution in [0.5, 0.6) is 0 Å². The van der Waals surface area contributed by atoms with Gasteiger partial charge in [0.25, 0.3) is 10.0 Å². The lowest BCUT2D eigenvalue weighted by atomic mass is 10.0. The van der Waals surface area contributed by atoms with Crippen molar-refractivity contribution in [3.63, 3.8) is 0 Å². The fraction of sp³-hybridized carbons (Fsp3) is 0.379. The van der Waals surface area contributed by atoms with Crippen molar-refractivity contribution in [3.8, 4) is 11.1 Å². The van der Waals surface area contributed by atoms with Crippen LogP contribution in [0.3, 0.4) is 0 Å². The Morgan fingerprint density at radius 1 is 1.05 bits per heavy atom. The number of benzene rings is 2. The molecule has 2 aromatic carbocycles. The Hall–Kier alpha value is -3.81. The molecule has 1 atom stereocenters. The molecular formula is C29H36N4O7S2. The molecule has 0 aliphatic heterocycles. The highest BCUT2D eigenvalue weighted by Crippen LogP contribution is 2.31. The molecular weight excluding hydrogens is 580 g/mol. The number of hydrogen-bond donors (Lipinski definition) is 3. The zero-order valence-corrected chi connectivity index (χ0v) is 25.8. The number of carboxylic acids is 1. The minimum atomic E-state index is -3.80. The summed E-state index contributed by atoms with van der Waals surface area (Å²) in [6, 6.07) is 16.1. The molecule has 2 amide bonds. The number of aromatic nitrogens is 1. The van der Waals surface area contributed by atoms with Crippen LogP contribution in [0, 0.1) is 6.92 Å². The Morgan fingerprint density at radius 3 is 2.24 bits per heavy atom. The van der Waals surface area contributed by atoms with Crippen molar-refractivity contribution in [1.29, 1.82) is 0 Å². The first kappa shape index (κ1) is 32.7. The Kier molecular flexibility index (Phi) is 10.8. The molecule has 1 unspecified atom stereocenters. The third-order valence-electron chi connectivity index (χ3n) is 6.07. The van der Waals surface area contributed by atoms with E-state index in [0.29, 0.717) is 0 Å². The van der Waals surface area contributed by atoms with Gasteiger partial charge in [0, 0.05) is 6.54 Å². The van der Waals surface area contributed by atoms with E-state index in [1.54, 1.807) is 27.7 Å². The first-order valence-electron chi connectivity index (χ1n) is 13.3. The fourth-order valence-corrected chi connectivity index (χ4v) is 6.41.